The van der Waals surface area contributed by atoms with Gasteiger partial charge in [0.25, 0.3) is 5.91 Å². The summed E-state index contributed by atoms with van der Waals surface area (Å²) in [5, 5.41) is 2.83. The highest BCUT2D eigenvalue weighted by molar-refractivity contribution is 7.12. The lowest BCUT2D eigenvalue weighted by molar-refractivity contribution is 0.0951. The summed E-state index contributed by atoms with van der Waals surface area (Å²) in [6.45, 7) is 0.522. The van der Waals surface area contributed by atoms with E-state index < -0.39 is 5.95 Å². The Balaban J connectivity index is 1.62. The highest BCUT2D eigenvalue weighted by Gasteiger charge is 2.15. The van der Waals surface area contributed by atoms with Crippen molar-refractivity contribution in [2.75, 3.05) is 0 Å². The summed E-state index contributed by atoms with van der Waals surface area (Å²) in [5.74, 6) is -0.799. The molecule has 0 unspecified atom stereocenters. The summed E-state index contributed by atoms with van der Waals surface area (Å²) in [4.78, 5) is 17.9. The molecular formula is C14H13FN2OS. The second-order valence-corrected chi connectivity index (χ2v) is 5.79. The Labute approximate surface area is 114 Å². The summed E-state index contributed by atoms with van der Waals surface area (Å²) in [6, 6.07) is 4.80. The van der Waals surface area contributed by atoms with Crippen LogP contribution in [0.2, 0.25) is 0 Å². The number of carbonyl (C=O) groups excluding carboxylic acids is 1. The molecule has 0 radical (unpaired) electrons. The van der Waals surface area contributed by atoms with Gasteiger partial charge in [0.15, 0.2) is 0 Å². The van der Waals surface area contributed by atoms with Crippen LogP contribution in [0.5, 0.6) is 0 Å². The smallest absolute Gasteiger partial charge is 0.253 e. The van der Waals surface area contributed by atoms with Crippen LogP contribution in [0.15, 0.2) is 24.4 Å². The summed E-state index contributed by atoms with van der Waals surface area (Å²) in [6.07, 6.45) is 4.81. The average Bonchev–Trinajstić information content (AvgIpc) is 2.97. The van der Waals surface area contributed by atoms with Crippen molar-refractivity contribution < 1.29 is 9.18 Å². The van der Waals surface area contributed by atoms with E-state index in [0.717, 1.165) is 12.8 Å². The number of rotatable bonds is 3. The Hall–Kier alpha value is -1.75. The van der Waals surface area contributed by atoms with Crippen LogP contribution in [-0.4, -0.2) is 10.9 Å². The van der Waals surface area contributed by atoms with Crippen molar-refractivity contribution in [2.45, 2.75) is 25.8 Å². The second kappa shape index (κ2) is 5.09. The number of carbonyl (C=O) groups is 1. The molecule has 5 heteroatoms. The Morgan fingerprint density at radius 1 is 1.42 bits per heavy atom. The summed E-state index contributed by atoms with van der Waals surface area (Å²) >= 11 is 1.77. The molecule has 1 amide bonds. The predicted octanol–water partition coefficient (Wildman–Crippen LogP) is 2.70. The third-order valence-corrected chi connectivity index (χ3v) is 4.45. The fourth-order valence-corrected chi connectivity index (χ4v) is 3.46. The summed E-state index contributed by atoms with van der Waals surface area (Å²) in [5.41, 5.74) is 1.81. The van der Waals surface area contributed by atoms with E-state index >= 15 is 0 Å². The van der Waals surface area contributed by atoms with Crippen LogP contribution in [0.1, 0.15) is 32.1 Å². The molecular weight excluding hydrogens is 263 g/mol. The first-order valence-electron chi connectivity index (χ1n) is 6.22. The molecule has 2 aromatic rings. The standard InChI is InChI=1S/C14H13FN2OS/c15-13-5-4-10(7-16-13)14(18)17-8-11-6-9-2-1-3-12(9)19-11/h4-7H,1-3,8H2,(H,17,18). The van der Waals surface area contributed by atoms with Crippen molar-refractivity contribution in [3.05, 3.63) is 51.2 Å². The van der Waals surface area contributed by atoms with Crippen molar-refractivity contribution >= 4 is 17.2 Å². The van der Waals surface area contributed by atoms with Gasteiger partial charge in [-0.05, 0) is 43.0 Å². The first-order valence-corrected chi connectivity index (χ1v) is 7.04. The lowest BCUT2D eigenvalue weighted by Gasteiger charge is -2.03. The van der Waals surface area contributed by atoms with Gasteiger partial charge in [-0.25, -0.2) is 4.98 Å². The van der Waals surface area contributed by atoms with Gasteiger partial charge in [-0.2, -0.15) is 4.39 Å². The Bertz CT molecular complexity index is 585. The molecule has 2 aromatic heterocycles. The number of amides is 1. The molecule has 2 heterocycles. The van der Waals surface area contributed by atoms with Crippen molar-refractivity contribution in [2.24, 2.45) is 0 Å². The quantitative estimate of drug-likeness (QED) is 0.876. The topological polar surface area (TPSA) is 42.0 Å². The van der Waals surface area contributed by atoms with Crippen LogP contribution in [0.4, 0.5) is 4.39 Å². The van der Waals surface area contributed by atoms with Gasteiger partial charge >= 0.3 is 0 Å². The zero-order chi connectivity index (χ0) is 13.2. The monoisotopic (exact) mass is 276 g/mol. The van der Waals surface area contributed by atoms with E-state index in [9.17, 15) is 9.18 Å². The van der Waals surface area contributed by atoms with Gasteiger partial charge in [0.1, 0.15) is 0 Å². The van der Waals surface area contributed by atoms with Crippen LogP contribution in [0.3, 0.4) is 0 Å². The molecule has 0 bridgehead atoms. The van der Waals surface area contributed by atoms with E-state index in [1.807, 2.05) is 0 Å². The van der Waals surface area contributed by atoms with E-state index in [1.165, 1.54) is 40.1 Å². The molecule has 0 saturated heterocycles. The average molecular weight is 276 g/mol. The molecule has 3 nitrogen and oxygen atoms in total. The van der Waals surface area contributed by atoms with Gasteiger partial charge in [-0.15, -0.1) is 11.3 Å². The zero-order valence-corrected chi connectivity index (χ0v) is 11.1. The SMILES string of the molecule is O=C(NCc1cc2c(s1)CCC2)c1ccc(F)nc1. The minimum Gasteiger partial charge on any atom is -0.347 e. The number of thiophene rings is 1. The van der Waals surface area contributed by atoms with Crippen molar-refractivity contribution in [3.8, 4) is 0 Å². The molecule has 1 aliphatic carbocycles. The van der Waals surface area contributed by atoms with Gasteiger partial charge in [0.05, 0.1) is 12.1 Å². The fourth-order valence-electron chi connectivity index (χ4n) is 2.26. The minimum atomic E-state index is -0.578. The van der Waals surface area contributed by atoms with Crippen LogP contribution in [0, 0.1) is 5.95 Å². The number of nitrogens with zero attached hydrogens (tertiary/aromatic N) is 1. The van der Waals surface area contributed by atoms with E-state index in [1.54, 1.807) is 11.3 Å². The van der Waals surface area contributed by atoms with Gasteiger partial charge in [0, 0.05) is 16.0 Å². The Morgan fingerprint density at radius 3 is 3.05 bits per heavy atom. The lowest BCUT2D eigenvalue weighted by atomic mass is 10.2. The number of halogens is 1. The highest BCUT2D eigenvalue weighted by Crippen LogP contribution is 2.30. The maximum Gasteiger partial charge on any atom is 0.253 e. The van der Waals surface area contributed by atoms with Crippen LogP contribution >= 0.6 is 11.3 Å². The van der Waals surface area contributed by atoms with Crippen molar-refractivity contribution in [1.29, 1.82) is 0 Å². The van der Waals surface area contributed by atoms with E-state index in [4.69, 9.17) is 0 Å². The summed E-state index contributed by atoms with van der Waals surface area (Å²) < 4.78 is 12.7. The first kappa shape index (κ1) is 12.3. The molecule has 0 atom stereocenters. The predicted molar refractivity (Wildman–Crippen MR) is 71.7 cm³/mol. The number of hydrogen-bond acceptors (Lipinski definition) is 3. The maximum absolute atomic E-state index is 12.7. The maximum atomic E-state index is 12.7. The number of aryl methyl sites for hydroxylation is 2. The number of aromatic nitrogens is 1. The molecule has 0 spiro atoms. The van der Waals surface area contributed by atoms with Crippen molar-refractivity contribution in [3.63, 3.8) is 0 Å². The van der Waals surface area contributed by atoms with E-state index in [-0.39, 0.29) is 5.91 Å². The van der Waals surface area contributed by atoms with Gasteiger partial charge < -0.3 is 5.32 Å². The second-order valence-electron chi connectivity index (χ2n) is 4.57. The van der Waals surface area contributed by atoms with E-state index in [2.05, 4.69) is 16.4 Å². The number of hydrogen-bond donors (Lipinski definition) is 1. The first-order chi connectivity index (χ1) is 9.22. The highest BCUT2D eigenvalue weighted by atomic mass is 32.1. The molecule has 0 aromatic carbocycles. The Kier molecular flexibility index (Phi) is 3.29. The Morgan fingerprint density at radius 2 is 2.32 bits per heavy atom. The molecule has 3 rings (SSSR count). The number of fused-ring (bicyclic) bond motifs is 1. The molecule has 0 fully saturated rings. The zero-order valence-electron chi connectivity index (χ0n) is 10.3. The third kappa shape index (κ3) is 2.66. The number of nitrogens with one attached hydrogen (secondary N) is 1. The molecule has 19 heavy (non-hydrogen) atoms. The van der Waals surface area contributed by atoms with Gasteiger partial charge in [-0.1, -0.05) is 0 Å². The normalized spacial score (nSPS) is 13.3. The number of pyridine rings is 1. The van der Waals surface area contributed by atoms with Crippen molar-refractivity contribution in [1.82, 2.24) is 10.3 Å². The largest absolute Gasteiger partial charge is 0.347 e. The fraction of sp³-hybridized carbons (Fsp3) is 0.286. The lowest BCUT2D eigenvalue weighted by Crippen LogP contribution is -2.22. The van der Waals surface area contributed by atoms with Crippen LogP contribution < -0.4 is 5.32 Å². The molecule has 0 saturated carbocycles. The molecule has 0 aliphatic heterocycles. The molecule has 1 N–H and O–H groups in total. The molecule has 1 aliphatic rings. The molecule has 98 valence electrons. The van der Waals surface area contributed by atoms with Crippen LogP contribution in [0.25, 0.3) is 0 Å². The van der Waals surface area contributed by atoms with Gasteiger partial charge in [-0.3, -0.25) is 4.79 Å². The summed E-state index contributed by atoms with van der Waals surface area (Å²) in [7, 11) is 0. The third-order valence-electron chi connectivity index (χ3n) is 3.21. The minimum absolute atomic E-state index is 0.221. The van der Waals surface area contributed by atoms with Gasteiger partial charge in [0.2, 0.25) is 5.95 Å². The van der Waals surface area contributed by atoms with E-state index in [0.29, 0.717) is 12.1 Å². The van der Waals surface area contributed by atoms with Crippen LogP contribution in [-0.2, 0) is 19.4 Å².